The van der Waals surface area contributed by atoms with Gasteiger partial charge in [0.15, 0.2) is 0 Å². The van der Waals surface area contributed by atoms with Gasteiger partial charge in [0.2, 0.25) is 0 Å². The molecular weight excluding hydrogens is 122 g/mol. The summed E-state index contributed by atoms with van der Waals surface area (Å²) in [7, 11) is 0. The number of rotatable bonds is 0. The molecule has 0 aromatic carbocycles. The SMILES string of the molecule is C1=CCC2=C(C1)CC[N]C2. The molecule has 0 unspecified atom stereocenters. The fraction of sp³-hybridized carbons (Fsp3) is 0.556. The zero-order chi connectivity index (χ0) is 6.81. The fourth-order valence-electron chi connectivity index (χ4n) is 1.62. The molecule has 0 aromatic heterocycles. The third kappa shape index (κ3) is 1.01. The van der Waals surface area contributed by atoms with Gasteiger partial charge >= 0.3 is 0 Å². The first-order valence-electron chi connectivity index (χ1n) is 3.95. The summed E-state index contributed by atoms with van der Waals surface area (Å²) in [5, 5.41) is 4.37. The summed E-state index contributed by atoms with van der Waals surface area (Å²) in [6.45, 7) is 2.08. The molecule has 1 heterocycles. The first kappa shape index (κ1) is 6.17. The van der Waals surface area contributed by atoms with Crippen LogP contribution in [0.25, 0.3) is 0 Å². The van der Waals surface area contributed by atoms with E-state index in [0.29, 0.717) is 0 Å². The summed E-state index contributed by atoms with van der Waals surface area (Å²) in [6, 6.07) is 0. The quantitative estimate of drug-likeness (QED) is 0.447. The van der Waals surface area contributed by atoms with Crippen LogP contribution in [0.15, 0.2) is 23.3 Å². The van der Waals surface area contributed by atoms with E-state index in [1.54, 1.807) is 11.1 Å². The maximum absolute atomic E-state index is 4.37. The summed E-state index contributed by atoms with van der Waals surface area (Å²) in [4.78, 5) is 0. The molecular formula is C9H12N. The van der Waals surface area contributed by atoms with Crippen molar-refractivity contribution in [1.29, 1.82) is 0 Å². The van der Waals surface area contributed by atoms with Crippen LogP contribution in [-0.2, 0) is 0 Å². The Morgan fingerprint density at radius 3 is 2.70 bits per heavy atom. The van der Waals surface area contributed by atoms with Crippen molar-refractivity contribution >= 4 is 0 Å². The van der Waals surface area contributed by atoms with Crippen LogP contribution in [0.5, 0.6) is 0 Å². The molecule has 0 amide bonds. The van der Waals surface area contributed by atoms with E-state index in [1.807, 2.05) is 0 Å². The van der Waals surface area contributed by atoms with Gasteiger partial charge in [-0.15, -0.1) is 0 Å². The summed E-state index contributed by atoms with van der Waals surface area (Å²) in [5.74, 6) is 0. The number of hydrogen-bond acceptors (Lipinski definition) is 0. The Morgan fingerprint density at radius 2 is 1.90 bits per heavy atom. The summed E-state index contributed by atoms with van der Waals surface area (Å²) >= 11 is 0. The molecule has 10 heavy (non-hydrogen) atoms. The van der Waals surface area contributed by atoms with Crippen molar-refractivity contribution in [3.63, 3.8) is 0 Å². The van der Waals surface area contributed by atoms with Crippen molar-refractivity contribution in [3.8, 4) is 0 Å². The van der Waals surface area contributed by atoms with Crippen molar-refractivity contribution in [2.75, 3.05) is 13.1 Å². The van der Waals surface area contributed by atoms with E-state index >= 15 is 0 Å². The molecule has 0 fully saturated rings. The molecule has 1 aliphatic carbocycles. The molecule has 1 heteroatoms. The first-order valence-corrected chi connectivity index (χ1v) is 3.95. The molecule has 1 radical (unpaired) electrons. The van der Waals surface area contributed by atoms with E-state index in [9.17, 15) is 0 Å². The summed E-state index contributed by atoms with van der Waals surface area (Å²) in [5.41, 5.74) is 3.26. The predicted octanol–water partition coefficient (Wildman–Crippen LogP) is 1.64. The van der Waals surface area contributed by atoms with Gasteiger partial charge in [0.1, 0.15) is 0 Å². The molecule has 1 aliphatic heterocycles. The van der Waals surface area contributed by atoms with Crippen LogP contribution >= 0.6 is 0 Å². The highest BCUT2D eigenvalue weighted by Gasteiger charge is 2.12. The first-order chi connectivity index (χ1) is 4.97. The van der Waals surface area contributed by atoms with E-state index in [1.165, 1.54) is 19.3 Å². The Bertz CT molecular complexity index is 169. The number of allylic oxidation sites excluding steroid dienone is 2. The Hall–Kier alpha value is -0.560. The molecule has 0 atom stereocenters. The summed E-state index contributed by atoms with van der Waals surface area (Å²) in [6.07, 6.45) is 8.13. The van der Waals surface area contributed by atoms with E-state index in [-0.39, 0.29) is 0 Å². The Labute approximate surface area is 61.8 Å². The average molecular weight is 134 g/mol. The van der Waals surface area contributed by atoms with Crippen LogP contribution in [0.3, 0.4) is 0 Å². The van der Waals surface area contributed by atoms with E-state index in [0.717, 1.165) is 13.1 Å². The fourth-order valence-corrected chi connectivity index (χ4v) is 1.62. The normalized spacial score (nSPS) is 24.8. The minimum Gasteiger partial charge on any atom is -0.237 e. The third-order valence-electron chi connectivity index (χ3n) is 2.27. The van der Waals surface area contributed by atoms with Crippen molar-refractivity contribution in [2.24, 2.45) is 0 Å². The molecule has 53 valence electrons. The lowest BCUT2D eigenvalue weighted by Crippen LogP contribution is -2.19. The van der Waals surface area contributed by atoms with Gasteiger partial charge in [-0.25, -0.2) is 5.32 Å². The van der Waals surface area contributed by atoms with Crippen molar-refractivity contribution in [1.82, 2.24) is 5.32 Å². The lowest BCUT2D eigenvalue weighted by Gasteiger charge is -2.21. The van der Waals surface area contributed by atoms with Crippen LogP contribution in [0.2, 0.25) is 0 Å². The highest BCUT2D eigenvalue weighted by atomic mass is 14.9. The molecule has 0 aromatic rings. The second-order valence-electron chi connectivity index (χ2n) is 2.94. The Morgan fingerprint density at radius 1 is 1.10 bits per heavy atom. The molecule has 0 saturated carbocycles. The van der Waals surface area contributed by atoms with Crippen LogP contribution in [-0.4, -0.2) is 13.1 Å². The smallest absolute Gasteiger partial charge is 0.0349 e. The van der Waals surface area contributed by atoms with Gasteiger partial charge in [-0.3, -0.25) is 0 Å². The minimum absolute atomic E-state index is 1.01. The van der Waals surface area contributed by atoms with Crippen molar-refractivity contribution in [2.45, 2.75) is 19.3 Å². The van der Waals surface area contributed by atoms with Crippen molar-refractivity contribution < 1.29 is 0 Å². The molecule has 0 N–H and O–H groups in total. The van der Waals surface area contributed by atoms with E-state index in [2.05, 4.69) is 17.5 Å². The van der Waals surface area contributed by atoms with Gasteiger partial charge in [-0.1, -0.05) is 23.3 Å². The van der Waals surface area contributed by atoms with E-state index in [4.69, 9.17) is 0 Å². The molecule has 0 bridgehead atoms. The largest absolute Gasteiger partial charge is 0.237 e. The van der Waals surface area contributed by atoms with Gasteiger partial charge in [0, 0.05) is 13.1 Å². The Kier molecular flexibility index (Phi) is 1.60. The lowest BCUT2D eigenvalue weighted by molar-refractivity contribution is 0.641. The van der Waals surface area contributed by atoms with Gasteiger partial charge in [-0.05, 0) is 19.3 Å². The number of nitrogens with zero attached hydrogens (tertiary/aromatic N) is 1. The predicted molar refractivity (Wildman–Crippen MR) is 41.9 cm³/mol. The van der Waals surface area contributed by atoms with Crippen LogP contribution in [0, 0.1) is 0 Å². The second-order valence-corrected chi connectivity index (χ2v) is 2.94. The van der Waals surface area contributed by atoms with Crippen LogP contribution < -0.4 is 5.32 Å². The monoisotopic (exact) mass is 134 g/mol. The minimum atomic E-state index is 1.01. The molecule has 2 rings (SSSR count). The maximum Gasteiger partial charge on any atom is 0.0349 e. The van der Waals surface area contributed by atoms with Gasteiger partial charge in [-0.2, -0.15) is 0 Å². The average Bonchev–Trinajstić information content (AvgIpc) is 2.05. The topological polar surface area (TPSA) is 14.1 Å². The van der Waals surface area contributed by atoms with E-state index < -0.39 is 0 Å². The Balaban J connectivity index is 2.17. The second kappa shape index (κ2) is 2.59. The molecule has 2 aliphatic rings. The van der Waals surface area contributed by atoms with Gasteiger partial charge in [0.05, 0.1) is 0 Å². The third-order valence-corrected chi connectivity index (χ3v) is 2.27. The standard InChI is InChI=1S/C9H12N/c1-2-4-9-7-10-6-5-8(9)3-1/h1-2H,3-7H2. The van der Waals surface area contributed by atoms with Crippen molar-refractivity contribution in [3.05, 3.63) is 23.3 Å². The summed E-state index contributed by atoms with van der Waals surface area (Å²) < 4.78 is 0. The highest BCUT2D eigenvalue weighted by molar-refractivity contribution is 5.27. The zero-order valence-corrected chi connectivity index (χ0v) is 6.14. The molecule has 0 spiro atoms. The molecule has 0 saturated heterocycles. The lowest BCUT2D eigenvalue weighted by atomic mass is 9.92. The molecule has 1 nitrogen and oxygen atoms in total. The number of hydrogen-bond donors (Lipinski definition) is 0. The van der Waals surface area contributed by atoms with Gasteiger partial charge < -0.3 is 0 Å². The van der Waals surface area contributed by atoms with Crippen LogP contribution in [0.4, 0.5) is 0 Å². The zero-order valence-electron chi connectivity index (χ0n) is 6.14. The highest BCUT2D eigenvalue weighted by Crippen LogP contribution is 2.23. The maximum atomic E-state index is 4.37. The van der Waals surface area contributed by atoms with Gasteiger partial charge in [0.25, 0.3) is 0 Å². The van der Waals surface area contributed by atoms with Crippen LogP contribution in [0.1, 0.15) is 19.3 Å².